The highest BCUT2D eigenvalue weighted by Gasteiger charge is 2.10. The Morgan fingerprint density at radius 3 is 2.72 bits per heavy atom. The zero-order valence-electron chi connectivity index (χ0n) is 14.0. The van der Waals surface area contributed by atoms with Gasteiger partial charge in [0.2, 0.25) is 0 Å². The number of carbonyl (C=O) groups is 2. The lowest BCUT2D eigenvalue weighted by molar-refractivity contribution is -0.142. The molecule has 1 N–H and O–H groups in total. The fraction of sp³-hybridized carbons (Fsp3) is 0.235. The van der Waals surface area contributed by atoms with Gasteiger partial charge < -0.3 is 10.1 Å². The number of hydrogen-bond acceptors (Lipinski definition) is 4. The van der Waals surface area contributed by atoms with Crippen LogP contribution in [-0.4, -0.2) is 28.3 Å². The molecule has 0 radical (unpaired) electrons. The molecule has 0 aliphatic heterocycles. The first-order valence-electron chi connectivity index (χ1n) is 7.38. The van der Waals surface area contributed by atoms with Gasteiger partial charge in [0.1, 0.15) is 5.82 Å². The summed E-state index contributed by atoms with van der Waals surface area (Å²) in [4.78, 5) is 23.5. The minimum atomic E-state index is -0.664. The van der Waals surface area contributed by atoms with E-state index in [9.17, 15) is 14.0 Å². The van der Waals surface area contributed by atoms with Crippen LogP contribution in [0.3, 0.4) is 0 Å². The topological polar surface area (TPSA) is 73.2 Å². The molecule has 0 saturated carbocycles. The standard InChI is InChI=1S/C17H17ClFN3O3/c1-10-13(11(2)22(3)21-10)5-7-17(24)25-9-16(23)20-15-6-4-12(19)8-14(15)18/h4-8H,9H2,1-3H3,(H,20,23)/b7-5+. The van der Waals surface area contributed by atoms with E-state index in [1.54, 1.807) is 10.8 Å². The number of anilines is 1. The van der Waals surface area contributed by atoms with E-state index in [0.29, 0.717) is 0 Å². The number of benzene rings is 1. The second-order valence-electron chi connectivity index (χ2n) is 5.32. The summed E-state index contributed by atoms with van der Waals surface area (Å²) < 4.78 is 19.5. The molecule has 8 heteroatoms. The number of nitrogens with one attached hydrogen (secondary N) is 1. The third-order valence-corrected chi connectivity index (χ3v) is 3.81. The molecule has 1 heterocycles. The van der Waals surface area contributed by atoms with Crippen molar-refractivity contribution in [2.45, 2.75) is 13.8 Å². The van der Waals surface area contributed by atoms with Crippen molar-refractivity contribution in [1.29, 1.82) is 0 Å². The summed E-state index contributed by atoms with van der Waals surface area (Å²) in [5.41, 5.74) is 2.75. The van der Waals surface area contributed by atoms with E-state index >= 15 is 0 Å². The number of esters is 1. The molecule has 0 bridgehead atoms. The van der Waals surface area contributed by atoms with E-state index in [2.05, 4.69) is 10.4 Å². The maximum absolute atomic E-state index is 12.9. The van der Waals surface area contributed by atoms with Crippen LogP contribution in [0.5, 0.6) is 0 Å². The smallest absolute Gasteiger partial charge is 0.331 e. The van der Waals surface area contributed by atoms with Gasteiger partial charge in [0.15, 0.2) is 6.61 Å². The number of carbonyl (C=O) groups excluding carboxylic acids is 2. The number of aromatic nitrogens is 2. The minimum Gasteiger partial charge on any atom is -0.452 e. The van der Waals surface area contributed by atoms with Crippen molar-refractivity contribution in [3.05, 3.63) is 52.1 Å². The Morgan fingerprint density at radius 1 is 1.40 bits per heavy atom. The van der Waals surface area contributed by atoms with E-state index in [1.165, 1.54) is 12.1 Å². The fourth-order valence-electron chi connectivity index (χ4n) is 2.14. The van der Waals surface area contributed by atoms with Gasteiger partial charge >= 0.3 is 5.97 Å². The molecular formula is C17H17ClFN3O3. The number of amides is 1. The zero-order valence-corrected chi connectivity index (χ0v) is 14.7. The van der Waals surface area contributed by atoms with Gasteiger partial charge in [-0.2, -0.15) is 5.10 Å². The van der Waals surface area contributed by atoms with Crippen molar-refractivity contribution in [1.82, 2.24) is 9.78 Å². The molecule has 0 aliphatic carbocycles. The molecule has 2 rings (SSSR count). The van der Waals surface area contributed by atoms with Gasteiger partial charge in [0, 0.05) is 24.4 Å². The monoisotopic (exact) mass is 365 g/mol. The Bertz CT molecular complexity index is 846. The average molecular weight is 366 g/mol. The van der Waals surface area contributed by atoms with Crippen LogP contribution >= 0.6 is 11.6 Å². The molecule has 6 nitrogen and oxygen atoms in total. The van der Waals surface area contributed by atoms with Crippen molar-refractivity contribution in [3.8, 4) is 0 Å². The van der Waals surface area contributed by atoms with Crippen LogP contribution < -0.4 is 5.32 Å². The molecule has 25 heavy (non-hydrogen) atoms. The number of hydrogen-bond donors (Lipinski definition) is 1. The van der Waals surface area contributed by atoms with E-state index in [-0.39, 0.29) is 10.7 Å². The Morgan fingerprint density at radius 2 is 2.12 bits per heavy atom. The van der Waals surface area contributed by atoms with Gasteiger partial charge in [-0.25, -0.2) is 9.18 Å². The van der Waals surface area contributed by atoms with Gasteiger partial charge in [-0.3, -0.25) is 9.48 Å². The number of aryl methyl sites for hydroxylation is 2. The average Bonchev–Trinajstić information content (AvgIpc) is 2.79. The lowest BCUT2D eigenvalue weighted by Crippen LogP contribution is -2.20. The summed E-state index contributed by atoms with van der Waals surface area (Å²) in [5, 5.41) is 6.73. The van der Waals surface area contributed by atoms with Crippen molar-refractivity contribution < 1.29 is 18.7 Å². The summed E-state index contributed by atoms with van der Waals surface area (Å²) in [5.74, 6) is -1.76. The summed E-state index contributed by atoms with van der Waals surface area (Å²) >= 11 is 5.80. The highest BCUT2D eigenvalue weighted by molar-refractivity contribution is 6.33. The van der Waals surface area contributed by atoms with Crippen molar-refractivity contribution in [3.63, 3.8) is 0 Å². The third-order valence-electron chi connectivity index (χ3n) is 3.50. The second kappa shape index (κ2) is 7.94. The molecule has 1 aromatic carbocycles. The molecular weight excluding hydrogens is 349 g/mol. The zero-order chi connectivity index (χ0) is 18.6. The first-order valence-corrected chi connectivity index (χ1v) is 7.75. The molecule has 0 fully saturated rings. The summed E-state index contributed by atoms with van der Waals surface area (Å²) in [6.45, 7) is 3.23. The molecule has 132 valence electrons. The molecule has 0 saturated heterocycles. The van der Waals surface area contributed by atoms with Gasteiger partial charge in [0.25, 0.3) is 5.91 Å². The largest absolute Gasteiger partial charge is 0.452 e. The first-order chi connectivity index (χ1) is 11.8. The van der Waals surface area contributed by atoms with Crippen LogP contribution in [0.15, 0.2) is 24.3 Å². The summed E-state index contributed by atoms with van der Waals surface area (Å²) in [6, 6.07) is 3.56. The van der Waals surface area contributed by atoms with Crippen LogP contribution in [0.4, 0.5) is 10.1 Å². The quantitative estimate of drug-likeness (QED) is 0.653. The van der Waals surface area contributed by atoms with E-state index < -0.39 is 24.3 Å². The number of rotatable bonds is 5. The minimum absolute atomic E-state index is 0.0575. The summed E-state index contributed by atoms with van der Waals surface area (Å²) in [6.07, 6.45) is 2.82. The third kappa shape index (κ3) is 4.90. The first kappa shape index (κ1) is 18.7. The van der Waals surface area contributed by atoms with Crippen molar-refractivity contribution in [2.75, 3.05) is 11.9 Å². The van der Waals surface area contributed by atoms with Crippen LogP contribution in [-0.2, 0) is 21.4 Å². The maximum atomic E-state index is 12.9. The molecule has 0 spiro atoms. The lowest BCUT2D eigenvalue weighted by atomic mass is 10.2. The Balaban J connectivity index is 1.89. The summed E-state index contributed by atoms with van der Waals surface area (Å²) in [7, 11) is 1.81. The van der Waals surface area contributed by atoms with Crippen molar-refractivity contribution >= 4 is 35.2 Å². The van der Waals surface area contributed by atoms with Gasteiger partial charge in [-0.1, -0.05) is 11.6 Å². The molecule has 0 atom stereocenters. The Kier molecular flexibility index (Phi) is 5.93. The SMILES string of the molecule is Cc1nn(C)c(C)c1/C=C/C(=O)OCC(=O)Nc1ccc(F)cc1Cl. The van der Waals surface area contributed by atoms with Crippen LogP contribution in [0, 0.1) is 19.7 Å². The van der Waals surface area contributed by atoms with Gasteiger partial charge in [0.05, 0.1) is 16.4 Å². The predicted octanol–water partition coefficient (Wildman–Crippen LogP) is 3.02. The van der Waals surface area contributed by atoms with Crippen LogP contribution in [0.1, 0.15) is 17.0 Å². The van der Waals surface area contributed by atoms with E-state index in [1.807, 2.05) is 20.9 Å². The van der Waals surface area contributed by atoms with Crippen LogP contribution in [0.2, 0.25) is 5.02 Å². The number of nitrogens with zero attached hydrogens (tertiary/aromatic N) is 2. The van der Waals surface area contributed by atoms with E-state index in [4.69, 9.17) is 16.3 Å². The van der Waals surface area contributed by atoms with Crippen LogP contribution in [0.25, 0.3) is 6.08 Å². The normalized spacial score (nSPS) is 10.9. The van der Waals surface area contributed by atoms with Gasteiger partial charge in [-0.05, 0) is 38.1 Å². The number of ether oxygens (including phenoxy) is 1. The molecule has 1 amide bonds. The molecule has 2 aromatic rings. The van der Waals surface area contributed by atoms with Crippen molar-refractivity contribution in [2.24, 2.45) is 7.05 Å². The Hall–Kier alpha value is -2.67. The lowest BCUT2D eigenvalue weighted by Gasteiger charge is -2.07. The number of halogens is 2. The molecule has 0 unspecified atom stereocenters. The highest BCUT2D eigenvalue weighted by atomic mass is 35.5. The Labute approximate surface area is 149 Å². The van der Waals surface area contributed by atoms with E-state index in [0.717, 1.165) is 29.1 Å². The maximum Gasteiger partial charge on any atom is 0.331 e. The fourth-order valence-corrected chi connectivity index (χ4v) is 2.36. The van der Waals surface area contributed by atoms with Gasteiger partial charge in [-0.15, -0.1) is 0 Å². The predicted molar refractivity (Wildman–Crippen MR) is 92.7 cm³/mol. The highest BCUT2D eigenvalue weighted by Crippen LogP contribution is 2.22. The molecule has 0 aliphatic rings. The molecule has 1 aromatic heterocycles. The second-order valence-corrected chi connectivity index (χ2v) is 5.73.